The van der Waals surface area contributed by atoms with Crippen LogP contribution in [0.15, 0.2) is 73.1 Å². The van der Waals surface area contributed by atoms with Gasteiger partial charge in [0.2, 0.25) is 5.95 Å². The molecule has 0 atom stereocenters. The third-order valence-corrected chi connectivity index (χ3v) is 4.57. The van der Waals surface area contributed by atoms with Crippen molar-refractivity contribution in [3.63, 3.8) is 0 Å². The van der Waals surface area contributed by atoms with Crippen molar-refractivity contribution < 1.29 is 9.18 Å². The second-order valence-electron chi connectivity index (χ2n) is 6.50. The number of hydrogen-bond donors (Lipinski definition) is 1. The molecule has 7 heteroatoms. The zero-order valence-electron chi connectivity index (χ0n) is 16.4. The van der Waals surface area contributed by atoms with E-state index in [-0.39, 0.29) is 11.8 Å². The second kappa shape index (κ2) is 9.64. The standard InChI is InChI=1S/C22H24FN5O/c1-3-5-6-19(4-2)25-22(29)28-15-13-27(14-16-28)21-24-12-11-20(26-21)17-7-9-18(23)10-8-17/h3-12H,2,13-16H2,1H3,(H,25,29)/b5-3-,19-6+. The lowest BCUT2D eigenvalue weighted by Gasteiger charge is -2.34. The molecule has 29 heavy (non-hydrogen) atoms. The number of carbonyl (C=O) groups is 1. The topological polar surface area (TPSA) is 61.4 Å². The number of allylic oxidation sites excluding steroid dienone is 4. The number of rotatable bonds is 5. The molecule has 0 spiro atoms. The van der Waals surface area contributed by atoms with Crippen molar-refractivity contribution in [3.05, 3.63) is 78.9 Å². The molecule has 2 amide bonds. The van der Waals surface area contributed by atoms with Crippen molar-refractivity contribution in [3.8, 4) is 11.3 Å². The second-order valence-corrected chi connectivity index (χ2v) is 6.50. The summed E-state index contributed by atoms with van der Waals surface area (Å²) in [5.41, 5.74) is 2.23. The summed E-state index contributed by atoms with van der Waals surface area (Å²) in [5.74, 6) is 0.323. The molecular weight excluding hydrogens is 369 g/mol. The van der Waals surface area contributed by atoms with Crippen molar-refractivity contribution >= 4 is 12.0 Å². The summed E-state index contributed by atoms with van der Waals surface area (Å²) < 4.78 is 13.1. The van der Waals surface area contributed by atoms with Crippen LogP contribution in [0, 0.1) is 5.82 Å². The summed E-state index contributed by atoms with van der Waals surface area (Å²) in [6.07, 6.45) is 8.84. The molecule has 0 bridgehead atoms. The first-order valence-corrected chi connectivity index (χ1v) is 9.46. The van der Waals surface area contributed by atoms with Crippen LogP contribution in [-0.4, -0.2) is 47.1 Å². The van der Waals surface area contributed by atoms with E-state index < -0.39 is 0 Å². The van der Waals surface area contributed by atoms with Crippen LogP contribution < -0.4 is 10.2 Å². The Morgan fingerprint density at radius 2 is 1.90 bits per heavy atom. The van der Waals surface area contributed by atoms with Crippen molar-refractivity contribution in [2.24, 2.45) is 0 Å². The summed E-state index contributed by atoms with van der Waals surface area (Å²) in [4.78, 5) is 25.2. The Bertz CT molecular complexity index is 915. The Kier molecular flexibility index (Phi) is 6.73. The fraction of sp³-hybridized carbons (Fsp3) is 0.227. The van der Waals surface area contributed by atoms with Crippen LogP contribution >= 0.6 is 0 Å². The number of amides is 2. The smallest absolute Gasteiger partial charge is 0.321 e. The summed E-state index contributed by atoms with van der Waals surface area (Å²) >= 11 is 0. The highest BCUT2D eigenvalue weighted by atomic mass is 19.1. The van der Waals surface area contributed by atoms with Crippen LogP contribution in [0.4, 0.5) is 15.1 Å². The molecular formula is C22H24FN5O. The van der Waals surface area contributed by atoms with Gasteiger partial charge in [-0.3, -0.25) is 0 Å². The van der Waals surface area contributed by atoms with Crippen molar-refractivity contribution in [2.45, 2.75) is 6.92 Å². The number of piperazine rings is 1. The van der Waals surface area contributed by atoms with Crippen LogP contribution in [0.5, 0.6) is 0 Å². The van der Waals surface area contributed by atoms with E-state index in [0.29, 0.717) is 37.8 Å². The largest absolute Gasteiger partial charge is 0.337 e. The highest BCUT2D eigenvalue weighted by molar-refractivity contribution is 5.77. The molecule has 2 heterocycles. The van der Waals surface area contributed by atoms with Gasteiger partial charge < -0.3 is 15.1 Å². The number of nitrogens with one attached hydrogen (secondary N) is 1. The molecule has 0 saturated carbocycles. The van der Waals surface area contributed by atoms with Crippen LogP contribution in [0.2, 0.25) is 0 Å². The van der Waals surface area contributed by atoms with E-state index in [2.05, 4.69) is 21.9 Å². The number of nitrogens with zero attached hydrogens (tertiary/aromatic N) is 4. The van der Waals surface area contributed by atoms with E-state index in [9.17, 15) is 9.18 Å². The minimum Gasteiger partial charge on any atom is -0.337 e. The van der Waals surface area contributed by atoms with E-state index >= 15 is 0 Å². The molecule has 1 N–H and O–H groups in total. The van der Waals surface area contributed by atoms with E-state index in [1.165, 1.54) is 12.1 Å². The lowest BCUT2D eigenvalue weighted by molar-refractivity contribution is 0.197. The molecule has 1 aliphatic heterocycles. The maximum atomic E-state index is 13.1. The lowest BCUT2D eigenvalue weighted by Crippen LogP contribution is -2.52. The predicted molar refractivity (Wildman–Crippen MR) is 113 cm³/mol. The molecule has 0 aliphatic carbocycles. The molecule has 1 aromatic heterocycles. The van der Waals surface area contributed by atoms with Crippen molar-refractivity contribution in [2.75, 3.05) is 31.1 Å². The number of urea groups is 1. The predicted octanol–water partition coefficient (Wildman–Crippen LogP) is 3.76. The first kappa shape index (κ1) is 20.3. The van der Waals surface area contributed by atoms with Gasteiger partial charge in [-0.05, 0) is 49.4 Å². The molecule has 1 aromatic carbocycles. The van der Waals surface area contributed by atoms with Crippen LogP contribution in [-0.2, 0) is 0 Å². The molecule has 3 rings (SSSR count). The SMILES string of the molecule is C=C/C(=C\C=C/C)NC(=O)N1CCN(c2nccc(-c3ccc(F)cc3)n2)CC1. The highest BCUT2D eigenvalue weighted by Gasteiger charge is 2.23. The summed E-state index contributed by atoms with van der Waals surface area (Å²) in [6, 6.07) is 7.87. The third kappa shape index (κ3) is 5.28. The molecule has 1 fully saturated rings. The Morgan fingerprint density at radius 1 is 1.17 bits per heavy atom. The molecule has 0 radical (unpaired) electrons. The van der Waals surface area contributed by atoms with Crippen LogP contribution in [0.25, 0.3) is 11.3 Å². The first-order valence-electron chi connectivity index (χ1n) is 9.46. The number of carbonyl (C=O) groups excluding carboxylic acids is 1. The van der Waals surface area contributed by atoms with Gasteiger partial charge in [0.25, 0.3) is 0 Å². The fourth-order valence-corrected chi connectivity index (χ4v) is 2.95. The maximum Gasteiger partial charge on any atom is 0.321 e. The zero-order chi connectivity index (χ0) is 20.6. The van der Waals surface area contributed by atoms with Gasteiger partial charge in [0.15, 0.2) is 0 Å². The van der Waals surface area contributed by atoms with Crippen molar-refractivity contribution in [1.29, 1.82) is 0 Å². The number of benzene rings is 1. The molecule has 2 aromatic rings. The highest BCUT2D eigenvalue weighted by Crippen LogP contribution is 2.20. The van der Waals surface area contributed by atoms with E-state index in [4.69, 9.17) is 0 Å². The molecule has 0 unspecified atom stereocenters. The van der Waals surface area contributed by atoms with Crippen molar-refractivity contribution in [1.82, 2.24) is 20.2 Å². The first-order chi connectivity index (χ1) is 14.1. The number of halogens is 1. The van der Waals surface area contributed by atoms with Gasteiger partial charge in [0.1, 0.15) is 5.82 Å². The van der Waals surface area contributed by atoms with E-state index in [0.717, 1.165) is 11.3 Å². The van der Waals surface area contributed by atoms with Crippen LogP contribution in [0.1, 0.15) is 6.92 Å². The Labute approximate surface area is 170 Å². The number of anilines is 1. The van der Waals surface area contributed by atoms with Gasteiger partial charge in [-0.1, -0.05) is 18.7 Å². The van der Waals surface area contributed by atoms with E-state index in [1.54, 1.807) is 41.4 Å². The normalized spacial score (nSPS) is 14.9. The molecule has 1 saturated heterocycles. The monoisotopic (exact) mass is 393 g/mol. The minimum absolute atomic E-state index is 0.152. The number of hydrogen-bond acceptors (Lipinski definition) is 4. The zero-order valence-corrected chi connectivity index (χ0v) is 16.4. The lowest BCUT2D eigenvalue weighted by atomic mass is 10.1. The quantitative estimate of drug-likeness (QED) is 0.786. The molecule has 1 aliphatic rings. The Balaban J connectivity index is 1.62. The maximum absolute atomic E-state index is 13.1. The summed E-state index contributed by atoms with van der Waals surface area (Å²) in [7, 11) is 0. The van der Waals surface area contributed by atoms with Gasteiger partial charge in [-0.15, -0.1) is 0 Å². The van der Waals surface area contributed by atoms with Gasteiger partial charge in [0.05, 0.1) is 5.69 Å². The average Bonchev–Trinajstić information content (AvgIpc) is 2.77. The van der Waals surface area contributed by atoms with Gasteiger partial charge in [-0.2, -0.15) is 0 Å². The van der Waals surface area contributed by atoms with Gasteiger partial charge in [0, 0.05) is 43.6 Å². The number of aromatic nitrogens is 2. The third-order valence-electron chi connectivity index (χ3n) is 4.57. The van der Waals surface area contributed by atoms with Gasteiger partial charge >= 0.3 is 6.03 Å². The van der Waals surface area contributed by atoms with Gasteiger partial charge in [-0.25, -0.2) is 19.2 Å². The van der Waals surface area contributed by atoms with Crippen LogP contribution in [0.3, 0.4) is 0 Å². The minimum atomic E-state index is -0.280. The summed E-state index contributed by atoms with van der Waals surface area (Å²) in [5, 5.41) is 2.86. The average molecular weight is 393 g/mol. The molecule has 150 valence electrons. The Hall–Kier alpha value is -3.48. The Morgan fingerprint density at radius 3 is 2.55 bits per heavy atom. The fourth-order valence-electron chi connectivity index (χ4n) is 2.95. The summed E-state index contributed by atoms with van der Waals surface area (Å²) in [6.45, 7) is 8.00. The van der Waals surface area contributed by atoms with E-state index in [1.807, 2.05) is 24.0 Å². The molecule has 6 nitrogen and oxygen atoms in total.